The van der Waals surface area contributed by atoms with Gasteiger partial charge in [-0.2, -0.15) is 0 Å². The second-order valence-electron chi connectivity index (χ2n) is 8.22. The number of carbonyl (C=O) groups excluding carboxylic acids is 1. The Balaban J connectivity index is 1.38. The maximum absolute atomic E-state index is 13.0. The van der Waals surface area contributed by atoms with Gasteiger partial charge in [0.15, 0.2) is 9.84 Å². The molecule has 10 heteroatoms. The lowest BCUT2D eigenvalue weighted by Gasteiger charge is -2.37. The van der Waals surface area contributed by atoms with Crippen LogP contribution in [0.2, 0.25) is 0 Å². The Labute approximate surface area is 189 Å². The molecule has 8 nitrogen and oxygen atoms in total. The van der Waals surface area contributed by atoms with E-state index in [0.717, 1.165) is 5.56 Å². The molecule has 0 unspecified atom stereocenters. The fraction of sp³-hybridized carbons (Fsp3) is 0.409. The number of nitrogens with zero attached hydrogens (tertiary/aromatic N) is 2. The number of hydrogen-bond acceptors (Lipinski definition) is 6. The van der Waals surface area contributed by atoms with Gasteiger partial charge in [-0.15, -0.1) is 0 Å². The molecule has 32 heavy (non-hydrogen) atoms. The fourth-order valence-corrected chi connectivity index (χ4v) is 7.01. The largest absolute Gasteiger partial charge is 0.336 e. The van der Waals surface area contributed by atoms with Gasteiger partial charge in [-0.25, -0.2) is 21.6 Å². The third kappa shape index (κ3) is 5.37. The molecule has 0 bridgehead atoms. The van der Waals surface area contributed by atoms with Gasteiger partial charge in [0.2, 0.25) is 10.0 Å². The van der Waals surface area contributed by atoms with Gasteiger partial charge in [-0.1, -0.05) is 36.4 Å². The van der Waals surface area contributed by atoms with Gasteiger partial charge >= 0.3 is 0 Å². The smallest absolute Gasteiger partial charge is 0.253 e. The zero-order valence-corrected chi connectivity index (χ0v) is 19.3. The lowest BCUT2D eigenvalue weighted by Crippen LogP contribution is -2.52. The van der Waals surface area contributed by atoms with E-state index in [2.05, 4.69) is 9.62 Å². The first kappa shape index (κ1) is 22.9. The average molecular weight is 478 g/mol. The molecule has 0 aliphatic carbocycles. The highest BCUT2D eigenvalue weighted by Gasteiger charge is 2.34. The summed E-state index contributed by atoms with van der Waals surface area (Å²) < 4.78 is 51.5. The van der Waals surface area contributed by atoms with Crippen LogP contribution in [0.25, 0.3) is 0 Å². The number of carbonyl (C=O) groups is 1. The Kier molecular flexibility index (Phi) is 6.66. The second kappa shape index (κ2) is 9.30. The Morgan fingerprint density at radius 1 is 1.00 bits per heavy atom. The standard InChI is InChI=1S/C22H27N3O5S2/c26-22(25-12-10-24(11-13-25)20-9-14-31(27,28)17-20)19-7-4-8-21(15-19)32(29,30)23-16-18-5-2-1-3-6-18/h1-8,15,20,23H,9-14,16-17H2/t20-/m0/s1. The minimum atomic E-state index is -3.76. The molecule has 1 N–H and O–H groups in total. The zero-order chi connectivity index (χ0) is 22.8. The average Bonchev–Trinajstić information content (AvgIpc) is 3.18. The molecule has 2 aliphatic heterocycles. The Bertz CT molecular complexity index is 1180. The third-order valence-corrected chi connectivity index (χ3v) is 9.18. The molecular formula is C22H27N3O5S2. The molecule has 0 radical (unpaired) electrons. The van der Waals surface area contributed by atoms with Gasteiger partial charge in [0.1, 0.15) is 0 Å². The maximum atomic E-state index is 13.0. The van der Waals surface area contributed by atoms with E-state index in [1.807, 2.05) is 30.3 Å². The van der Waals surface area contributed by atoms with Crippen molar-refractivity contribution in [3.05, 3.63) is 65.7 Å². The molecule has 2 aromatic carbocycles. The van der Waals surface area contributed by atoms with Gasteiger partial charge in [0.25, 0.3) is 5.91 Å². The highest BCUT2D eigenvalue weighted by molar-refractivity contribution is 7.91. The predicted molar refractivity (Wildman–Crippen MR) is 121 cm³/mol. The Morgan fingerprint density at radius 3 is 2.38 bits per heavy atom. The van der Waals surface area contributed by atoms with E-state index in [0.29, 0.717) is 38.2 Å². The Morgan fingerprint density at radius 2 is 1.72 bits per heavy atom. The molecule has 2 aliphatic rings. The summed E-state index contributed by atoms with van der Waals surface area (Å²) in [6, 6.07) is 15.3. The first-order chi connectivity index (χ1) is 15.2. The lowest BCUT2D eigenvalue weighted by atomic mass is 10.1. The van der Waals surface area contributed by atoms with Crippen molar-refractivity contribution in [2.45, 2.75) is 23.9 Å². The van der Waals surface area contributed by atoms with E-state index in [-0.39, 0.29) is 34.9 Å². The molecule has 0 spiro atoms. The van der Waals surface area contributed by atoms with Crippen molar-refractivity contribution in [3.63, 3.8) is 0 Å². The first-order valence-corrected chi connectivity index (χ1v) is 13.9. The van der Waals surface area contributed by atoms with Crippen LogP contribution in [-0.2, 0) is 26.4 Å². The van der Waals surface area contributed by atoms with Crippen LogP contribution in [0.5, 0.6) is 0 Å². The number of hydrogen-bond donors (Lipinski definition) is 1. The number of sulfonamides is 1. The van der Waals surface area contributed by atoms with Gasteiger partial charge in [0, 0.05) is 44.3 Å². The van der Waals surface area contributed by atoms with E-state index < -0.39 is 19.9 Å². The van der Waals surface area contributed by atoms with E-state index in [9.17, 15) is 21.6 Å². The summed E-state index contributed by atoms with van der Waals surface area (Å²) in [5, 5.41) is 0. The number of piperazine rings is 1. The lowest BCUT2D eigenvalue weighted by molar-refractivity contribution is 0.0587. The highest BCUT2D eigenvalue weighted by Crippen LogP contribution is 2.20. The molecule has 2 fully saturated rings. The first-order valence-electron chi connectivity index (χ1n) is 10.6. The van der Waals surface area contributed by atoms with Crippen LogP contribution >= 0.6 is 0 Å². The van der Waals surface area contributed by atoms with Gasteiger partial charge in [0.05, 0.1) is 16.4 Å². The van der Waals surface area contributed by atoms with Crippen LogP contribution in [0.1, 0.15) is 22.3 Å². The van der Waals surface area contributed by atoms with Crippen molar-refractivity contribution in [3.8, 4) is 0 Å². The maximum Gasteiger partial charge on any atom is 0.253 e. The van der Waals surface area contributed by atoms with E-state index in [1.165, 1.54) is 12.1 Å². The molecule has 1 amide bonds. The number of benzene rings is 2. The highest BCUT2D eigenvalue weighted by atomic mass is 32.2. The van der Waals surface area contributed by atoms with Crippen molar-refractivity contribution >= 4 is 25.8 Å². The van der Waals surface area contributed by atoms with E-state index in [4.69, 9.17) is 0 Å². The van der Waals surface area contributed by atoms with Crippen LogP contribution < -0.4 is 4.72 Å². The summed E-state index contributed by atoms with van der Waals surface area (Å²) in [5.41, 5.74) is 1.17. The number of amides is 1. The van der Waals surface area contributed by atoms with Crippen LogP contribution in [-0.4, -0.2) is 76.3 Å². The van der Waals surface area contributed by atoms with Crippen molar-refractivity contribution in [1.29, 1.82) is 0 Å². The van der Waals surface area contributed by atoms with E-state index in [1.54, 1.807) is 17.0 Å². The molecule has 0 aromatic heterocycles. The Hall–Kier alpha value is -2.27. The summed E-state index contributed by atoms with van der Waals surface area (Å²) in [6.07, 6.45) is 0.645. The van der Waals surface area contributed by atoms with Gasteiger partial charge in [-0.05, 0) is 30.2 Å². The SMILES string of the molecule is O=C(c1cccc(S(=O)(=O)NCc2ccccc2)c1)N1CCN([C@H]2CCS(=O)(=O)C2)CC1. The summed E-state index contributed by atoms with van der Waals surface area (Å²) in [4.78, 5) is 16.9. The topological polar surface area (TPSA) is 104 Å². The molecule has 2 aromatic rings. The van der Waals surface area contributed by atoms with Gasteiger partial charge in [-0.3, -0.25) is 9.69 Å². The van der Waals surface area contributed by atoms with Crippen molar-refractivity contribution < 1.29 is 21.6 Å². The van der Waals surface area contributed by atoms with Crippen molar-refractivity contribution in [2.75, 3.05) is 37.7 Å². The van der Waals surface area contributed by atoms with Crippen LogP contribution in [0.4, 0.5) is 0 Å². The number of sulfone groups is 1. The van der Waals surface area contributed by atoms with Crippen molar-refractivity contribution in [1.82, 2.24) is 14.5 Å². The molecular weight excluding hydrogens is 450 g/mol. The summed E-state index contributed by atoms with van der Waals surface area (Å²) in [7, 11) is -6.71. The summed E-state index contributed by atoms with van der Waals surface area (Å²) in [6.45, 7) is 2.36. The minimum Gasteiger partial charge on any atom is -0.336 e. The quantitative estimate of drug-likeness (QED) is 0.669. The molecule has 172 valence electrons. The minimum absolute atomic E-state index is 0.0291. The van der Waals surface area contributed by atoms with E-state index >= 15 is 0 Å². The second-order valence-corrected chi connectivity index (χ2v) is 12.2. The van der Waals surface area contributed by atoms with Crippen LogP contribution in [0.3, 0.4) is 0 Å². The van der Waals surface area contributed by atoms with Gasteiger partial charge < -0.3 is 4.90 Å². The molecule has 1 atom stereocenters. The van der Waals surface area contributed by atoms with Crippen molar-refractivity contribution in [2.24, 2.45) is 0 Å². The zero-order valence-electron chi connectivity index (χ0n) is 17.7. The van der Waals surface area contributed by atoms with Crippen LogP contribution in [0.15, 0.2) is 59.5 Å². The number of rotatable bonds is 6. The summed E-state index contributed by atoms with van der Waals surface area (Å²) >= 11 is 0. The summed E-state index contributed by atoms with van der Waals surface area (Å²) in [5.74, 6) is 0.205. The molecule has 2 saturated heterocycles. The van der Waals surface area contributed by atoms with Crippen LogP contribution in [0, 0.1) is 0 Å². The normalized spacial score (nSPS) is 21.5. The number of nitrogens with one attached hydrogen (secondary N) is 1. The molecule has 2 heterocycles. The molecule has 0 saturated carbocycles. The molecule has 4 rings (SSSR count). The third-order valence-electron chi connectivity index (χ3n) is 6.03. The predicted octanol–water partition coefficient (Wildman–Crippen LogP) is 1.11. The fourth-order valence-electron chi connectivity index (χ4n) is 4.19. The monoisotopic (exact) mass is 477 g/mol.